The number of hydrogen-bond donors (Lipinski definition) is 0. The van der Waals surface area contributed by atoms with E-state index in [9.17, 15) is 4.79 Å². The smallest absolute Gasteiger partial charge is 0.231 e. The summed E-state index contributed by atoms with van der Waals surface area (Å²) in [6, 6.07) is 16.7. The first-order valence-corrected chi connectivity index (χ1v) is 9.90. The van der Waals surface area contributed by atoms with E-state index in [1.54, 1.807) is 30.3 Å². The van der Waals surface area contributed by atoms with Gasteiger partial charge in [-0.1, -0.05) is 53.5 Å². The van der Waals surface area contributed by atoms with Crippen LogP contribution >= 0.6 is 23.2 Å². The molecule has 0 unspecified atom stereocenters. The first-order chi connectivity index (χ1) is 13.9. The number of halogens is 2. The molecule has 3 aromatic carbocycles. The molecule has 0 saturated heterocycles. The van der Waals surface area contributed by atoms with Gasteiger partial charge in [0.2, 0.25) is 5.78 Å². The van der Waals surface area contributed by atoms with Gasteiger partial charge < -0.3 is 9.47 Å². The molecule has 0 bridgehead atoms. The quantitative estimate of drug-likeness (QED) is 0.431. The van der Waals surface area contributed by atoms with Gasteiger partial charge in [-0.05, 0) is 55.3 Å². The van der Waals surface area contributed by atoms with Gasteiger partial charge in [-0.25, -0.2) is 0 Å². The van der Waals surface area contributed by atoms with Crippen LogP contribution in [-0.4, -0.2) is 5.78 Å². The molecule has 29 heavy (non-hydrogen) atoms. The largest absolute Gasteiger partial charge is 0.488 e. The van der Waals surface area contributed by atoms with Crippen molar-refractivity contribution in [3.05, 3.63) is 98.2 Å². The van der Waals surface area contributed by atoms with Gasteiger partial charge >= 0.3 is 0 Å². The first-order valence-electron chi connectivity index (χ1n) is 9.14. The SMILES string of the molecule is Cc1ccccc1/C=C1\Oc2c(ccc(OCc3ccc(Cl)cc3Cl)c2C)C1=O. The number of carbonyl (C=O) groups excluding carboxylic acids is 1. The minimum absolute atomic E-state index is 0.126. The normalized spacial score (nSPS) is 14.1. The van der Waals surface area contributed by atoms with Crippen LogP contribution in [0.4, 0.5) is 0 Å². The van der Waals surface area contributed by atoms with E-state index in [1.807, 2.05) is 44.2 Å². The van der Waals surface area contributed by atoms with Crippen molar-refractivity contribution in [2.75, 3.05) is 0 Å². The monoisotopic (exact) mass is 424 g/mol. The maximum atomic E-state index is 12.8. The lowest BCUT2D eigenvalue weighted by molar-refractivity contribution is 0.101. The Hall–Kier alpha value is -2.75. The van der Waals surface area contributed by atoms with Crippen molar-refractivity contribution in [3.8, 4) is 11.5 Å². The summed E-state index contributed by atoms with van der Waals surface area (Å²) in [5.74, 6) is 1.36. The molecule has 1 aliphatic rings. The van der Waals surface area contributed by atoms with Gasteiger partial charge in [-0.3, -0.25) is 4.79 Å². The molecule has 3 aromatic rings. The van der Waals surface area contributed by atoms with E-state index in [0.29, 0.717) is 32.9 Å². The number of carbonyl (C=O) groups is 1. The Balaban J connectivity index is 1.59. The molecular weight excluding hydrogens is 407 g/mol. The molecule has 0 amide bonds. The van der Waals surface area contributed by atoms with E-state index in [1.165, 1.54) is 0 Å². The average molecular weight is 425 g/mol. The highest BCUT2D eigenvalue weighted by Crippen LogP contribution is 2.39. The Labute approximate surface area is 179 Å². The van der Waals surface area contributed by atoms with E-state index in [4.69, 9.17) is 32.7 Å². The molecule has 0 aromatic heterocycles. The van der Waals surface area contributed by atoms with Crippen molar-refractivity contribution < 1.29 is 14.3 Å². The van der Waals surface area contributed by atoms with Crippen LogP contribution in [0.25, 0.3) is 6.08 Å². The number of fused-ring (bicyclic) bond motifs is 1. The summed E-state index contributed by atoms with van der Waals surface area (Å²) in [6.45, 7) is 4.16. The van der Waals surface area contributed by atoms with Crippen molar-refractivity contribution in [2.24, 2.45) is 0 Å². The molecule has 0 N–H and O–H groups in total. The average Bonchev–Trinajstić information content (AvgIpc) is 3.01. The van der Waals surface area contributed by atoms with E-state index < -0.39 is 0 Å². The van der Waals surface area contributed by atoms with Crippen LogP contribution in [0.3, 0.4) is 0 Å². The highest BCUT2D eigenvalue weighted by atomic mass is 35.5. The van der Waals surface area contributed by atoms with E-state index in [-0.39, 0.29) is 12.4 Å². The van der Waals surface area contributed by atoms with Crippen LogP contribution in [-0.2, 0) is 6.61 Å². The van der Waals surface area contributed by atoms with Gasteiger partial charge in [0.15, 0.2) is 5.76 Å². The number of benzene rings is 3. The van der Waals surface area contributed by atoms with E-state index in [0.717, 1.165) is 22.3 Å². The second kappa shape index (κ2) is 7.94. The Morgan fingerprint density at radius 3 is 2.59 bits per heavy atom. The van der Waals surface area contributed by atoms with Crippen molar-refractivity contribution in [2.45, 2.75) is 20.5 Å². The maximum absolute atomic E-state index is 12.8. The summed E-state index contributed by atoms with van der Waals surface area (Å²) in [5.41, 5.74) is 4.17. The standard InChI is InChI=1S/C24H18Cl2O3/c1-14-5-3-4-6-16(14)11-22-23(27)19-9-10-21(15(2)24(19)29-22)28-13-17-7-8-18(25)12-20(17)26/h3-12H,13H2,1-2H3/b22-11-. The molecule has 0 spiro atoms. The molecule has 4 rings (SSSR count). The minimum atomic E-state index is -0.126. The van der Waals surface area contributed by atoms with Crippen LogP contribution in [0.1, 0.15) is 32.6 Å². The number of ether oxygens (including phenoxy) is 2. The highest BCUT2D eigenvalue weighted by Gasteiger charge is 2.30. The number of aryl methyl sites for hydroxylation is 1. The van der Waals surface area contributed by atoms with Gasteiger partial charge in [0.1, 0.15) is 18.1 Å². The Morgan fingerprint density at radius 2 is 1.83 bits per heavy atom. The topological polar surface area (TPSA) is 35.5 Å². The zero-order valence-corrected chi connectivity index (χ0v) is 17.5. The predicted octanol–water partition coefficient (Wildman–Crippen LogP) is 6.81. The zero-order chi connectivity index (χ0) is 20.5. The summed E-state index contributed by atoms with van der Waals surface area (Å²) >= 11 is 12.2. The highest BCUT2D eigenvalue weighted by molar-refractivity contribution is 6.35. The lowest BCUT2D eigenvalue weighted by atomic mass is 10.0. The maximum Gasteiger partial charge on any atom is 0.231 e. The third-order valence-electron chi connectivity index (χ3n) is 4.91. The van der Waals surface area contributed by atoms with E-state index in [2.05, 4.69) is 0 Å². The third kappa shape index (κ3) is 3.89. The summed E-state index contributed by atoms with van der Waals surface area (Å²) in [4.78, 5) is 12.8. The summed E-state index contributed by atoms with van der Waals surface area (Å²) < 4.78 is 11.9. The molecule has 0 radical (unpaired) electrons. The van der Waals surface area contributed by atoms with Crippen LogP contribution in [0, 0.1) is 13.8 Å². The van der Waals surface area contributed by atoms with Crippen LogP contribution in [0.15, 0.2) is 60.4 Å². The van der Waals surface area contributed by atoms with Crippen molar-refractivity contribution in [1.29, 1.82) is 0 Å². The van der Waals surface area contributed by atoms with Crippen molar-refractivity contribution in [3.63, 3.8) is 0 Å². The lowest BCUT2D eigenvalue weighted by Crippen LogP contribution is -1.99. The Morgan fingerprint density at radius 1 is 1.03 bits per heavy atom. The molecule has 1 aliphatic heterocycles. The second-order valence-electron chi connectivity index (χ2n) is 6.89. The summed E-state index contributed by atoms with van der Waals surface area (Å²) in [5, 5.41) is 1.12. The van der Waals surface area contributed by atoms with Crippen molar-refractivity contribution in [1.82, 2.24) is 0 Å². The molecular formula is C24H18Cl2O3. The molecule has 5 heteroatoms. The van der Waals surface area contributed by atoms with E-state index >= 15 is 0 Å². The van der Waals surface area contributed by atoms with Gasteiger partial charge in [0.05, 0.1) is 5.56 Å². The van der Waals surface area contributed by atoms with Crippen LogP contribution < -0.4 is 9.47 Å². The second-order valence-corrected chi connectivity index (χ2v) is 7.73. The molecule has 0 fully saturated rings. The molecule has 0 atom stereocenters. The summed E-state index contributed by atoms with van der Waals surface area (Å²) in [6.07, 6.45) is 1.78. The van der Waals surface area contributed by atoms with Gasteiger partial charge in [0.25, 0.3) is 0 Å². The molecule has 0 aliphatic carbocycles. The van der Waals surface area contributed by atoms with Gasteiger partial charge in [-0.15, -0.1) is 0 Å². The van der Waals surface area contributed by atoms with Crippen LogP contribution in [0.2, 0.25) is 10.0 Å². The zero-order valence-electron chi connectivity index (χ0n) is 16.0. The van der Waals surface area contributed by atoms with Gasteiger partial charge in [-0.2, -0.15) is 0 Å². The van der Waals surface area contributed by atoms with Crippen molar-refractivity contribution >= 4 is 35.1 Å². The third-order valence-corrected chi connectivity index (χ3v) is 5.50. The predicted molar refractivity (Wildman–Crippen MR) is 116 cm³/mol. The molecule has 1 heterocycles. The number of ketones is 1. The first kappa shape index (κ1) is 19.6. The number of hydrogen-bond acceptors (Lipinski definition) is 3. The fourth-order valence-electron chi connectivity index (χ4n) is 3.21. The van der Waals surface area contributed by atoms with Gasteiger partial charge in [0, 0.05) is 21.2 Å². The lowest BCUT2D eigenvalue weighted by Gasteiger charge is -2.12. The molecule has 146 valence electrons. The van der Waals surface area contributed by atoms with Crippen LogP contribution in [0.5, 0.6) is 11.5 Å². The number of Topliss-reactive ketones (excluding diaryl/α,β-unsaturated/α-hetero) is 1. The summed E-state index contributed by atoms with van der Waals surface area (Å²) in [7, 11) is 0. The Bertz CT molecular complexity index is 1150. The molecule has 0 saturated carbocycles. The number of allylic oxidation sites excluding steroid dienone is 1. The molecule has 3 nitrogen and oxygen atoms in total. The fourth-order valence-corrected chi connectivity index (χ4v) is 3.67. The number of rotatable bonds is 4. The fraction of sp³-hybridized carbons (Fsp3) is 0.125. The minimum Gasteiger partial charge on any atom is -0.488 e. The Kier molecular flexibility index (Phi) is 5.35.